The first kappa shape index (κ1) is 15.8. The molecule has 2 aromatic rings. The Bertz CT molecular complexity index is 775. The van der Waals surface area contributed by atoms with Gasteiger partial charge in [0, 0.05) is 18.5 Å². The number of aromatic hydroxyl groups is 1. The molecule has 0 fully saturated rings. The second-order valence-corrected chi connectivity index (χ2v) is 5.55. The Labute approximate surface area is 128 Å². The number of amides is 1. The summed E-state index contributed by atoms with van der Waals surface area (Å²) in [6, 6.07) is 6.94. The zero-order chi connectivity index (χ0) is 16.3. The third-order valence-corrected chi connectivity index (χ3v) is 3.36. The van der Waals surface area contributed by atoms with Gasteiger partial charge < -0.3 is 15.0 Å². The topological polar surface area (TPSA) is 71.3 Å². The van der Waals surface area contributed by atoms with Crippen molar-refractivity contribution in [3.8, 4) is 5.75 Å². The van der Waals surface area contributed by atoms with Gasteiger partial charge in [0.1, 0.15) is 11.3 Å². The van der Waals surface area contributed by atoms with Crippen LogP contribution in [0.1, 0.15) is 24.2 Å². The molecule has 1 heterocycles. The number of carbonyl (C=O) groups is 1. The highest BCUT2D eigenvalue weighted by Crippen LogP contribution is 2.26. The molecule has 0 saturated heterocycles. The number of rotatable bonds is 5. The van der Waals surface area contributed by atoms with Gasteiger partial charge in [0.25, 0.3) is 11.5 Å². The van der Waals surface area contributed by atoms with E-state index in [0.717, 1.165) is 0 Å². The van der Waals surface area contributed by atoms with E-state index in [-0.39, 0.29) is 23.8 Å². The molecule has 0 radical (unpaired) electrons. The lowest BCUT2D eigenvalue weighted by molar-refractivity contribution is 0.0944. The van der Waals surface area contributed by atoms with Crippen molar-refractivity contribution >= 4 is 16.8 Å². The van der Waals surface area contributed by atoms with Crippen LogP contribution in [0.5, 0.6) is 5.75 Å². The van der Waals surface area contributed by atoms with Crippen molar-refractivity contribution < 1.29 is 9.90 Å². The van der Waals surface area contributed by atoms with Gasteiger partial charge in [-0.2, -0.15) is 0 Å². The number of carbonyl (C=O) groups excluding carboxylic acids is 1. The second kappa shape index (κ2) is 6.47. The first-order chi connectivity index (χ1) is 10.5. The van der Waals surface area contributed by atoms with Crippen LogP contribution in [0, 0.1) is 5.92 Å². The summed E-state index contributed by atoms with van der Waals surface area (Å²) in [6.07, 6.45) is 1.58. The molecule has 1 amide bonds. The fourth-order valence-electron chi connectivity index (χ4n) is 2.29. The van der Waals surface area contributed by atoms with Crippen LogP contribution in [0.3, 0.4) is 0 Å². The number of pyridine rings is 1. The van der Waals surface area contributed by atoms with Crippen LogP contribution in [0.15, 0.2) is 41.7 Å². The maximum Gasteiger partial charge on any atom is 0.268 e. The lowest BCUT2D eigenvalue weighted by Gasteiger charge is -2.14. The van der Waals surface area contributed by atoms with Gasteiger partial charge in [-0.3, -0.25) is 9.59 Å². The highest BCUT2D eigenvalue weighted by atomic mass is 16.3. The Balaban J connectivity index is 2.66. The minimum Gasteiger partial charge on any atom is -0.506 e. The average molecular weight is 300 g/mol. The molecule has 1 aromatic carbocycles. The van der Waals surface area contributed by atoms with Crippen molar-refractivity contribution in [1.82, 2.24) is 9.88 Å². The Hall–Kier alpha value is -2.56. The summed E-state index contributed by atoms with van der Waals surface area (Å²) in [5.74, 6) is -0.580. The van der Waals surface area contributed by atoms with Crippen LogP contribution < -0.4 is 10.9 Å². The minimum absolute atomic E-state index is 0.221. The zero-order valence-corrected chi connectivity index (χ0v) is 12.8. The largest absolute Gasteiger partial charge is 0.506 e. The van der Waals surface area contributed by atoms with Crippen LogP contribution >= 0.6 is 0 Å². The number of benzene rings is 1. The summed E-state index contributed by atoms with van der Waals surface area (Å²) in [5, 5.41) is 13.5. The zero-order valence-electron chi connectivity index (χ0n) is 12.8. The van der Waals surface area contributed by atoms with Crippen LogP contribution in [0.4, 0.5) is 0 Å². The van der Waals surface area contributed by atoms with Gasteiger partial charge in [0.2, 0.25) is 0 Å². The molecule has 22 heavy (non-hydrogen) atoms. The molecular weight excluding hydrogens is 280 g/mol. The molecule has 0 unspecified atom stereocenters. The van der Waals surface area contributed by atoms with E-state index in [0.29, 0.717) is 17.4 Å². The van der Waals surface area contributed by atoms with Crippen LogP contribution in [-0.4, -0.2) is 22.1 Å². The van der Waals surface area contributed by atoms with Crippen molar-refractivity contribution in [3.05, 3.63) is 52.8 Å². The number of nitrogens with one attached hydrogen (secondary N) is 1. The van der Waals surface area contributed by atoms with E-state index in [1.165, 1.54) is 4.57 Å². The predicted molar refractivity (Wildman–Crippen MR) is 87.2 cm³/mol. The van der Waals surface area contributed by atoms with Gasteiger partial charge in [0.05, 0.1) is 5.52 Å². The first-order valence-corrected chi connectivity index (χ1v) is 7.21. The SMILES string of the molecule is C=CCn1c(=O)c(C(=O)NCC(C)C)c(O)c2ccccc21. The number of nitrogens with zero attached hydrogens (tertiary/aromatic N) is 1. The van der Waals surface area contributed by atoms with E-state index in [9.17, 15) is 14.7 Å². The van der Waals surface area contributed by atoms with Gasteiger partial charge >= 0.3 is 0 Å². The fraction of sp³-hybridized carbons (Fsp3) is 0.294. The summed E-state index contributed by atoms with van der Waals surface area (Å²) in [5.41, 5.74) is -0.163. The standard InChI is InChI=1S/C17H20N2O3/c1-4-9-19-13-8-6-5-7-12(13)15(20)14(17(19)22)16(21)18-10-11(2)3/h4-8,11,20H,1,9-10H2,2-3H3,(H,18,21). The molecule has 5 heteroatoms. The monoisotopic (exact) mass is 300 g/mol. The lowest BCUT2D eigenvalue weighted by atomic mass is 10.1. The summed E-state index contributed by atoms with van der Waals surface area (Å²) < 4.78 is 1.44. The van der Waals surface area contributed by atoms with Gasteiger partial charge in [-0.1, -0.05) is 32.1 Å². The quantitative estimate of drug-likeness (QED) is 0.832. The van der Waals surface area contributed by atoms with E-state index < -0.39 is 11.5 Å². The van der Waals surface area contributed by atoms with Crippen LogP contribution in [-0.2, 0) is 6.54 Å². The minimum atomic E-state index is -0.556. The van der Waals surface area contributed by atoms with Crippen molar-refractivity contribution in [3.63, 3.8) is 0 Å². The Morgan fingerprint density at radius 2 is 2.09 bits per heavy atom. The average Bonchev–Trinajstić information content (AvgIpc) is 2.49. The molecule has 2 N–H and O–H groups in total. The molecule has 0 aliphatic carbocycles. The second-order valence-electron chi connectivity index (χ2n) is 5.55. The molecule has 116 valence electrons. The highest BCUT2D eigenvalue weighted by molar-refractivity contribution is 6.02. The normalized spacial score (nSPS) is 10.9. The first-order valence-electron chi connectivity index (χ1n) is 7.21. The Kier molecular flexibility index (Phi) is 4.65. The van der Waals surface area contributed by atoms with Crippen molar-refractivity contribution in [1.29, 1.82) is 0 Å². The predicted octanol–water partition coefficient (Wildman–Crippen LogP) is 2.28. The van der Waals surface area contributed by atoms with E-state index in [1.807, 2.05) is 13.8 Å². The summed E-state index contributed by atoms with van der Waals surface area (Å²) in [6.45, 7) is 8.25. The van der Waals surface area contributed by atoms with E-state index in [2.05, 4.69) is 11.9 Å². The van der Waals surface area contributed by atoms with Crippen LogP contribution in [0.2, 0.25) is 0 Å². The molecule has 0 atom stereocenters. The summed E-state index contributed by atoms with van der Waals surface area (Å²) >= 11 is 0. The molecule has 0 aliphatic rings. The molecule has 0 bridgehead atoms. The molecule has 1 aromatic heterocycles. The number of para-hydroxylation sites is 1. The molecule has 5 nitrogen and oxygen atoms in total. The number of fused-ring (bicyclic) bond motifs is 1. The summed E-state index contributed by atoms with van der Waals surface area (Å²) in [7, 11) is 0. The van der Waals surface area contributed by atoms with Crippen molar-refractivity contribution in [2.75, 3.05) is 6.54 Å². The lowest BCUT2D eigenvalue weighted by Crippen LogP contribution is -2.35. The molecule has 0 aliphatic heterocycles. The maximum absolute atomic E-state index is 12.6. The van der Waals surface area contributed by atoms with E-state index in [1.54, 1.807) is 30.3 Å². The van der Waals surface area contributed by atoms with E-state index >= 15 is 0 Å². The van der Waals surface area contributed by atoms with E-state index in [4.69, 9.17) is 0 Å². The molecular formula is C17H20N2O3. The fourth-order valence-corrected chi connectivity index (χ4v) is 2.29. The molecule has 0 saturated carbocycles. The number of aromatic nitrogens is 1. The third-order valence-electron chi connectivity index (χ3n) is 3.36. The van der Waals surface area contributed by atoms with Gasteiger partial charge in [-0.05, 0) is 18.1 Å². The van der Waals surface area contributed by atoms with Crippen molar-refractivity contribution in [2.45, 2.75) is 20.4 Å². The van der Waals surface area contributed by atoms with Gasteiger partial charge in [-0.15, -0.1) is 6.58 Å². The summed E-state index contributed by atoms with van der Waals surface area (Å²) in [4.78, 5) is 24.9. The Morgan fingerprint density at radius 3 is 2.73 bits per heavy atom. The highest BCUT2D eigenvalue weighted by Gasteiger charge is 2.21. The maximum atomic E-state index is 12.6. The number of hydrogen-bond donors (Lipinski definition) is 2. The third kappa shape index (κ3) is 2.88. The number of allylic oxidation sites excluding steroid dienone is 1. The Morgan fingerprint density at radius 1 is 1.41 bits per heavy atom. The van der Waals surface area contributed by atoms with Crippen LogP contribution in [0.25, 0.3) is 10.9 Å². The smallest absolute Gasteiger partial charge is 0.268 e. The van der Waals surface area contributed by atoms with Gasteiger partial charge in [0.15, 0.2) is 0 Å². The molecule has 2 rings (SSSR count). The molecule has 0 spiro atoms. The number of hydrogen-bond acceptors (Lipinski definition) is 3. The van der Waals surface area contributed by atoms with Crippen molar-refractivity contribution in [2.24, 2.45) is 5.92 Å². The van der Waals surface area contributed by atoms with Gasteiger partial charge in [-0.25, -0.2) is 0 Å².